The maximum atomic E-state index is 4.84. The highest BCUT2D eigenvalue weighted by Crippen LogP contribution is 2.28. The minimum absolute atomic E-state index is 0.518. The lowest BCUT2D eigenvalue weighted by molar-refractivity contribution is 0.588. The lowest BCUT2D eigenvalue weighted by Gasteiger charge is -2.09. The molecular formula is C15H28N2S2. The van der Waals surface area contributed by atoms with E-state index in [1.807, 2.05) is 23.1 Å². The second kappa shape index (κ2) is 8.28. The summed E-state index contributed by atoms with van der Waals surface area (Å²) >= 11 is 3.89. The molecule has 1 N–H and O–H groups in total. The van der Waals surface area contributed by atoms with E-state index in [1.165, 1.54) is 21.3 Å². The summed E-state index contributed by atoms with van der Waals surface area (Å²) in [5.41, 5.74) is 1.29. The Morgan fingerprint density at radius 3 is 2.37 bits per heavy atom. The van der Waals surface area contributed by atoms with E-state index in [1.54, 1.807) is 0 Å². The van der Waals surface area contributed by atoms with E-state index in [9.17, 15) is 0 Å². The summed E-state index contributed by atoms with van der Waals surface area (Å²) in [6.45, 7) is 14.3. The van der Waals surface area contributed by atoms with E-state index in [4.69, 9.17) is 4.98 Å². The maximum Gasteiger partial charge on any atom is 0.103 e. The van der Waals surface area contributed by atoms with Gasteiger partial charge in [-0.3, -0.25) is 0 Å². The Morgan fingerprint density at radius 1 is 1.16 bits per heavy atom. The van der Waals surface area contributed by atoms with Gasteiger partial charge in [0.2, 0.25) is 0 Å². The van der Waals surface area contributed by atoms with Crippen molar-refractivity contribution in [2.75, 3.05) is 5.75 Å². The molecule has 19 heavy (non-hydrogen) atoms. The molecule has 0 saturated carbocycles. The van der Waals surface area contributed by atoms with Crippen LogP contribution < -0.4 is 5.32 Å². The third-order valence-corrected chi connectivity index (χ3v) is 5.30. The predicted molar refractivity (Wildman–Crippen MR) is 89.2 cm³/mol. The van der Waals surface area contributed by atoms with Crippen LogP contribution in [0.4, 0.5) is 0 Å². The van der Waals surface area contributed by atoms with Crippen LogP contribution in [0, 0.1) is 5.92 Å². The first-order chi connectivity index (χ1) is 8.90. The molecule has 0 aliphatic carbocycles. The molecule has 0 fully saturated rings. The number of aromatic nitrogens is 1. The van der Waals surface area contributed by atoms with Crippen LogP contribution in [0.5, 0.6) is 0 Å². The Bertz CT molecular complexity index is 370. The monoisotopic (exact) mass is 300 g/mol. The normalized spacial score (nSPS) is 12.1. The second-order valence-corrected chi connectivity index (χ2v) is 8.21. The molecule has 1 rings (SSSR count). The van der Waals surface area contributed by atoms with E-state index >= 15 is 0 Å². The van der Waals surface area contributed by atoms with Crippen LogP contribution in [0.3, 0.4) is 0 Å². The van der Waals surface area contributed by atoms with Gasteiger partial charge in [-0.15, -0.1) is 11.3 Å². The zero-order valence-electron chi connectivity index (χ0n) is 13.1. The van der Waals surface area contributed by atoms with Crippen LogP contribution in [-0.2, 0) is 12.3 Å². The van der Waals surface area contributed by atoms with Crippen molar-refractivity contribution >= 4 is 23.1 Å². The Labute approximate surface area is 126 Å². The molecule has 0 aromatic carbocycles. The first-order valence-corrected chi connectivity index (χ1v) is 9.16. The van der Waals surface area contributed by atoms with Gasteiger partial charge in [0, 0.05) is 23.2 Å². The molecule has 0 amide bonds. The number of nitrogens with zero attached hydrogens (tertiary/aromatic N) is 1. The van der Waals surface area contributed by atoms with Crippen LogP contribution in [0.2, 0.25) is 0 Å². The van der Waals surface area contributed by atoms with E-state index in [0.29, 0.717) is 12.0 Å². The van der Waals surface area contributed by atoms with Gasteiger partial charge < -0.3 is 5.32 Å². The van der Waals surface area contributed by atoms with Crippen LogP contribution in [-0.4, -0.2) is 16.8 Å². The van der Waals surface area contributed by atoms with Gasteiger partial charge in [-0.1, -0.05) is 41.5 Å². The Morgan fingerprint density at radius 2 is 1.84 bits per heavy atom. The number of hydrogen-bond donors (Lipinski definition) is 1. The summed E-state index contributed by atoms with van der Waals surface area (Å²) in [7, 11) is 0. The SMILES string of the molecule is CC(C)CSCc1nc(C(C)C)c(CNC(C)C)s1. The molecule has 4 heteroatoms. The first kappa shape index (κ1) is 17.0. The quantitative estimate of drug-likeness (QED) is 0.756. The van der Waals surface area contributed by atoms with E-state index in [-0.39, 0.29) is 0 Å². The maximum absolute atomic E-state index is 4.84. The van der Waals surface area contributed by atoms with Crippen molar-refractivity contribution in [3.05, 3.63) is 15.6 Å². The molecule has 110 valence electrons. The number of nitrogens with one attached hydrogen (secondary N) is 1. The largest absolute Gasteiger partial charge is 0.310 e. The van der Waals surface area contributed by atoms with Crippen molar-refractivity contribution in [1.82, 2.24) is 10.3 Å². The number of rotatable bonds is 8. The average molecular weight is 301 g/mol. The van der Waals surface area contributed by atoms with E-state index < -0.39 is 0 Å². The first-order valence-electron chi connectivity index (χ1n) is 7.19. The third kappa shape index (κ3) is 6.28. The average Bonchev–Trinajstić information content (AvgIpc) is 2.69. The fourth-order valence-electron chi connectivity index (χ4n) is 1.73. The van der Waals surface area contributed by atoms with Crippen molar-refractivity contribution in [2.45, 2.75) is 65.8 Å². The molecule has 2 nitrogen and oxygen atoms in total. The van der Waals surface area contributed by atoms with E-state index in [0.717, 1.165) is 18.2 Å². The zero-order chi connectivity index (χ0) is 14.4. The van der Waals surface area contributed by atoms with Crippen LogP contribution in [0.15, 0.2) is 0 Å². The van der Waals surface area contributed by atoms with Crippen molar-refractivity contribution in [3.8, 4) is 0 Å². The van der Waals surface area contributed by atoms with Crippen LogP contribution >= 0.6 is 23.1 Å². The third-order valence-electron chi connectivity index (χ3n) is 2.67. The topological polar surface area (TPSA) is 24.9 Å². The molecule has 0 aliphatic rings. The highest BCUT2D eigenvalue weighted by Gasteiger charge is 2.14. The molecular weight excluding hydrogens is 272 g/mol. The Kier molecular flexibility index (Phi) is 7.40. The van der Waals surface area contributed by atoms with Gasteiger partial charge >= 0.3 is 0 Å². The summed E-state index contributed by atoms with van der Waals surface area (Å²) in [6, 6.07) is 0.529. The molecule has 1 aromatic rings. The molecule has 1 aromatic heterocycles. The van der Waals surface area contributed by atoms with Gasteiger partial charge in [0.05, 0.1) is 5.69 Å². The molecule has 0 aliphatic heterocycles. The number of thioether (sulfide) groups is 1. The van der Waals surface area contributed by atoms with Gasteiger partial charge in [0.25, 0.3) is 0 Å². The number of hydrogen-bond acceptors (Lipinski definition) is 4. The lowest BCUT2D eigenvalue weighted by Crippen LogP contribution is -2.22. The summed E-state index contributed by atoms with van der Waals surface area (Å²) in [6.07, 6.45) is 0. The summed E-state index contributed by atoms with van der Waals surface area (Å²) in [5.74, 6) is 3.56. The minimum Gasteiger partial charge on any atom is -0.310 e. The predicted octanol–water partition coefficient (Wildman–Crippen LogP) is 4.65. The van der Waals surface area contributed by atoms with Gasteiger partial charge in [-0.25, -0.2) is 4.98 Å². The summed E-state index contributed by atoms with van der Waals surface area (Å²) in [4.78, 5) is 6.26. The number of thiazole rings is 1. The van der Waals surface area contributed by atoms with Crippen molar-refractivity contribution in [2.24, 2.45) is 5.92 Å². The molecule has 0 radical (unpaired) electrons. The van der Waals surface area contributed by atoms with Crippen LogP contribution in [0.25, 0.3) is 0 Å². The Balaban J connectivity index is 2.65. The summed E-state index contributed by atoms with van der Waals surface area (Å²) < 4.78 is 0. The highest BCUT2D eigenvalue weighted by atomic mass is 32.2. The molecule has 0 bridgehead atoms. The van der Waals surface area contributed by atoms with E-state index in [2.05, 4.69) is 46.9 Å². The van der Waals surface area contributed by atoms with Crippen molar-refractivity contribution in [3.63, 3.8) is 0 Å². The minimum atomic E-state index is 0.518. The summed E-state index contributed by atoms with van der Waals surface area (Å²) in [5, 5.41) is 4.80. The van der Waals surface area contributed by atoms with Gasteiger partial charge in [-0.05, 0) is 17.6 Å². The zero-order valence-corrected chi connectivity index (χ0v) is 14.8. The van der Waals surface area contributed by atoms with Gasteiger partial charge in [0.15, 0.2) is 0 Å². The standard InChI is InChI=1S/C15H28N2S2/c1-10(2)8-18-9-14-17-15(11(3)4)13(19-14)7-16-12(5)6/h10-12,16H,7-9H2,1-6H3. The molecule has 1 heterocycles. The molecule has 0 spiro atoms. The smallest absolute Gasteiger partial charge is 0.103 e. The second-order valence-electron chi connectivity index (χ2n) is 6.02. The molecule has 0 atom stereocenters. The highest BCUT2D eigenvalue weighted by molar-refractivity contribution is 7.98. The van der Waals surface area contributed by atoms with Crippen LogP contribution in [0.1, 0.15) is 63.0 Å². The van der Waals surface area contributed by atoms with Gasteiger partial charge in [-0.2, -0.15) is 11.8 Å². The molecule has 0 unspecified atom stereocenters. The van der Waals surface area contributed by atoms with Crippen molar-refractivity contribution in [1.29, 1.82) is 0 Å². The Hall–Kier alpha value is -0.0600. The fraction of sp³-hybridized carbons (Fsp3) is 0.800. The van der Waals surface area contributed by atoms with Crippen molar-refractivity contribution < 1.29 is 0 Å². The lowest BCUT2D eigenvalue weighted by atomic mass is 10.1. The molecule has 0 saturated heterocycles. The van der Waals surface area contributed by atoms with Gasteiger partial charge in [0.1, 0.15) is 5.01 Å². The fourth-order valence-corrected chi connectivity index (χ4v) is 4.02.